The molecule has 2 nitrogen and oxygen atoms in total. The second-order valence-electron chi connectivity index (χ2n) is 5.04. The van der Waals surface area contributed by atoms with Gasteiger partial charge in [-0.25, -0.2) is 8.78 Å². The molecule has 0 aliphatic carbocycles. The van der Waals surface area contributed by atoms with Crippen molar-refractivity contribution in [2.45, 2.75) is 46.0 Å². The minimum absolute atomic E-state index is 0.213. The van der Waals surface area contributed by atoms with E-state index in [9.17, 15) is 13.6 Å². The lowest BCUT2D eigenvalue weighted by Crippen LogP contribution is -2.23. The quantitative estimate of drug-likeness (QED) is 0.526. The molecule has 0 saturated heterocycles. The first-order valence-electron chi connectivity index (χ1n) is 7.46. The fourth-order valence-corrected chi connectivity index (χ4v) is 2.18. The van der Waals surface area contributed by atoms with Crippen LogP contribution in [0.5, 0.6) is 0 Å². The number of benzene rings is 1. The van der Waals surface area contributed by atoms with E-state index in [2.05, 4.69) is 11.4 Å². The Hall–Kier alpha value is -1.71. The summed E-state index contributed by atoms with van der Waals surface area (Å²) in [5.41, 5.74) is -0.352. The summed E-state index contributed by atoms with van der Waals surface area (Å²) >= 11 is 0. The van der Waals surface area contributed by atoms with Gasteiger partial charge in [-0.1, -0.05) is 31.6 Å². The van der Waals surface area contributed by atoms with Gasteiger partial charge < -0.3 is 5.32 Å². The van der Waals surface area contributed by atoms with Crippen molar-refractivity contribution in [2.75, 3.05) is 5.32 Å². The van der Waals surface area contributed by atoms with Crippen LogP contribution in [-0.4, -0.2) is 5.91 Å². The number of carbonyl (C=O) groups excluding carboxylic acids is 1. The number of hydrogen-bond acceptors (Lipinski definition) is 1. The van der Waals surface area contributed by atoms with Gasteiger partial charge in [0.05, 0.1) is 0 Å². The first-order valence-corrected chi connectivity index (χ1v) is 7.46. The minimum atomic E-state index is -0.744. The zero-order valence-corrected chi connectivity index (χ0v) is 12.7. The molecule has 0 spiro atoms. The van der Waals surface area contributed by atoms with Gasteiger partial charge in [0.2, 0.25) is 5.91 Å². The molecule has 4 heteroatoms. The molecule has 21 heavy (non-hydrogen) atoms. The van der Waals surface area contributed by atoms with Crippen LogP contribution in [0.3, 0.4) is 0 Å². The number of amides is 1. The third-order valence-electron chi connectivity index (χ3n) is 3.48. The Balaban J connectivity index is 2.55. The zero-order chi connectivity index (χ0) is 15.7. The second-order valence-corrected chi connectivity index (χ2v) is 5.04. The van der Waals surface area contributed by atoms with Crippen molar-refractivity contribution in [3.63, 3.8) is 0 Å². The van der Waals surface area contributed by atoms with E-state index in [1.54, 1.807) is 0 Å². The van der Waals surface area contributed by atoms with Crippen LogP contribution in [0.1, 0.15) is 46.0 Å². The summed E-state index contributed by atoms with van der Waals surface area (Å²) in [7, 11) is 0. The Labute approximate surface area is 125 Å². The molecule has 1 N–H and O–H groups in total. The fraction of sp³-hybridized carbons (Fsp3) is 0.471. The summed E-state index contributed by atoms with van der Waals surface area (Å²) in [6.07, 6.45) is 8.43. The van der Waals surface area contributed by atoms with Crippen LogP contribution >= 0.6 is 0 Å². The van der Waals surface area contributed by atoms with Gasteiger partial charge in [-0.2, -0.15) is 0 Å². The lowest BCUT2D eigenvalue weighted by molar-refractivity contribution is -0.120. The number of unbranched alkanes of at least 4 members (excludes halogenated alkanes) is 2. The molecule has 1 rings (SSSR count). The van der Waals surface area contributed by atoms with Crippen LogP contribution in [0.15, 0.2) is 30.4 Å². The first kappa shape index (κ1) is 17.3. The third kappa shape index (κ3) is 5.66. The number of halogens is 2. The van der Waals surface area contributed by atoms with E-state index in [1.807, 2.05) is 19.9 Å². The molecule has 1 amide bonds. The van der Waals surface area contributed by atoms with Gasteiger partial charge in [-0.15, -0.1) is 0 Å². The van der Waals surface area contributed by atoms with Crippen LogP contribution in [0.25, 0.3) is 0 Å². The van der Waals surface area contributed by atoms with E-state index in [0.29, 0.717) is 6.42 Å². The number of carbonyl (C=O) groups is 1. The fourth-order valence-electron chi connectivity index (χ4n) is 2.18. The standard InChI is InChI=1S/C17H23F2NO/c1-3-5-6-7-8-10-13(4-2)17(21)20-16-14(18)11-9-12-15(16)19/h3,5,9,11-13H,4,6-8,10H2,1-2H3,(H,20,21). The predicted octanol–water partition coefficient (Wildman–Crippen LogP) is 5.07. The molecule has 0 aliphatic rings. The van der Waals surface area contributed by atoms with Crippen LogP contribution in [0.2, 0.25) is 0 Å². The molecule has 1 aromatic rings. The number of anilines is 1. The summed E-state index contributed by atoms with van der Waals surface area (Å²) < 4.78 is 27.0. The number of para-hydroxylation sites is 1. The van der Waals surface area contributed by atoms with Gasteiger partial charge in [0, 0.05) is 5.92 Å². The highest BCUT2D eigenvalue weighted by Gasteiger charge is 2.19. The van der Waals surface area contributed by atoms with Gasteiger partial charge in [0.1, 0.15) is 17.3 Å². The molecular formula is C17H23F2NO. The normalized spacial score (nSPS) is 12.6. The molecule has 0 saturated carbocycles. The molecule has 0 radical (unpaired) electrons. The van der Waals surface area contributed by atoms with E-state index < -0.39 is 11.6 Å². The highest BCUT2D eigenvalue weighted by molar-refractivity contribution is 5.92. The molecule has 0 bridgehead atoms. The maximum Gasteiger partial charge on any atom is 0.227 e. The summed E-state index contributed by atoms with van der Waals surface area (Å²) in [6.45, 7) is 3.89. The van der Waals surface area contributed by atoms with Crippen LogP contribution in [-0.2, 0) is 4.79 Å². The Morgan fingerprint density at radius 2 is 1.95 bits per heavy atom. The Morgan fingerprint density at radius 3 is 2.52 bits per heavy atom. The molecule has 0 heterocycles. The molecule has 116 valence electrons. The van der Waals surface area contributed by atoms with E-state index in [4.69, 9.17) is 0 Å². The monoisotopic (exact) mass is 295 g/mol. The highest BCUT2D eigenvalue weighted by atomic mass is 19.1. The Morgan fingerprint density at radius 1 is 1.29 bits per heavy atom. The van der Waals surface area contributed by atoms with Crippen LogP contribution in [0, 0.1) is 17.6 Å². The maximum atomic E-state index is 13.5. The first-order chi connectivity index (χ1) is 10.1. The SMILES string of the molecule is CC=CCCCCC(CC)C(=O)Nc1c(F)cccc1F. The van der Waals surface area contributed by atoms with Crippen molar-refractivity contribution < 1.29 is 13.6 Å². The van der Waals surface area contributed by atoms with Crippen molar-refractivity contribution >= 4 is 11.6 Å². The van der Waals surface area contributed by atoms with Crippen LogP contribution in [0.4, 0.5) is 14.5 Å². The Kier molecular flexibility index (Phi) is 7.65. The number of hydrogen-bond donors (Lipinski definition) is 1. The number of rotatable bonds is 8. The topological polar surface area (TPSA) is 29.1 Å². The molecule has 1 unspecified atom stereocenters. The molecule has 1 atom stereocenters. The summed E-state index contributed by atoms with van der Waals surface area (Å²) in [4.78, 5) is 12.1. The van der Waals surface area contributed by atoms with Gasteiger partial charge in [-0.3, -0.25) is 4.79 Å². The van der Waals surface area contributed by atoms with Gasteiger partial charge in [0.25, 0.3) is 0 Å². The van der Waals surface area contributed by atoms with Crippen molar-refractivity contribution in [1.29, 1.82) is 0 Å². The predicted molar refractivity (Wildman–Crippen MR) is 82.1 cm³/mol. The van der Waals surface area contributed by atoms with E-state index >= 15 is 0 Å². The molecule has 1 aromatic carbocycles. The van der Waals surface area contributed by atoms with Gasteiger partial charge >= 0.3 is 0 Å². The van der Waals surface area contributed by atoms with Crippen molar-refractivity contribution in [2.24, 2.45) is 5.92 Å². The summed E-state index contributed by atoms with van der Waals surface area (Å²) in [6, 6.07) is 3.55. The summed E-state index contributed by atoms with van der Waals surface area (Å²) in [5.74, 6) is -2.01. The van der Waals surface area contributed by atoms with Crippen LogP contribution < -0.4 is 5.32 Å². The highest BCUT2D eigenvalue weighted by Crippen LogP contribution is 2.21. The average molecular weight is 295 g/mol. The molecule has 0 fully saturated rings. The molecule has 0 aliphatic heterocycles. The number of nitrogens with one attached hydrogen (secondary N) is 1. The second kappa shape index (κ2) is 9.27. The lowest BCUT2D eigenvalue weighted by atomic mass is 9.97. The zero-order valence-electron chi connectivity index (χ0n) is 12.7. The molecular weight excluding hydrogens is 272 g/mol. The number of allylic oxidation sites excluding steroid dienone is 2. The molecule has 0 aromatic heterocycles. The van der Waals surface area contributed by atoms with Crippen molar-refractivity contribution in [3.8, 4) is 0 Å². The van der Waals surface area contributed by atoms with E-state index in [1.165, 1.54) is 6.07 Å². The minimum Gasteiger partial charge on any atom is -0.321 e. The summed E-state index contributed by atoms with van der Waals surface area (Å²) in [5, 5.41) is 2.38. The van der Waals surface area contributed by atoms with Crippen molar-refractivity contribution in [1.82, 2.24) is 0 Å². The van der Waals surface area contributed by atoms with E-state index in [-0.39, 0.29) is 17.5 Å². The van der Waals surface area contributed by atoms with Gasteiger partial charge in [0.15, 0.2) is 0 Å². The smallest absolute Gasteiger partial charge is 0.227 e. The Bertz CT molecular complexity index is 465. The lowest BCUT2D eigenvalue weighted by Gasteiger charge is -2.15. The van der Waals surface area contributed by atoms with Crippen molar-refractivity contribution in [3.05, 3.63) is 42.0 Å². The third-order valence-corrected chi connectivity index (χ3v) is 3.48. The van der Waals surface area contributed by atoms with E-state index in [0.717, 1.165) is 37.8 Å². The average Bonchev–Trinajstić information content (AvgIpc) is 2.46. The maximum absolute atomic E-state index is 13.5. The van der Waals surface area contributed by atoms with Gasteiger partial charge in [-0.05, 0) is 44.7 Å². The largest absolute Gasteiger partial charge is 0.321 e.